The Kier molecular flexibility index (Phi) is 3.48. The molecule has 1 aliphatic heterocycles. The van der Waals surface area contributed by atoms with Crippen molar-refractivity contribution in [1.82, 2.24) is 10.2 Å². The number of hydrogen-bond donors (Lipinski definition) is 2. The Morgan fingerprint density at radius 3 is 2.55 bits per heavy atom. The number of nitrogens with one attached hydrogen (secondary N) is 1. The largest absolute Gasteiger partial charge is 0.390 e. The highest BCUT2D eigenvalue weighted by molar-refractivity contribution is 6.07. The molecule has 1 saturated carbocycles. The van der Waals surface area contributed by atoms with E-state index in [2.05, 4.69) is 5.32 Å². The van der Waals surface area contributed by atoms with Gasteiger partial charge in [0.25, 0.3) is 5.91 Å². The molecule has 1 aromatic carbocycles. The van der Waals surface area contributed by atoms with Gasteiger partial charge in [0.1, 0.15) is 5.54 Å². The number of rotatable bonds is 4. The van der Waals surface area contributed by atoms with E-state index in [-0.39, 0.29) is 18.5 Å². The summed E-state index contributed by atoms with van der Waals surface area (Å²) < 4.78 is 0. The Morgan fingerprint density at radius 1 is 1.27 bits per heavy atom. The summed E-state index contributed by atoms with van der Waals surface area (Å²) in [5.41, 5.74) is 0.0729. The lowest BCUT2D eigenvalue weighted by molar-refractivity contribution is -0.132. The maximum Gasteiger partial charge on any atom is 0.325 e. The van der Waals surface area contributed by atoms with Crippen LogP contribution < -0.4 is 5.32 Å². The fraction of sp³-hybridized carbons (Fsp3) is 0.529. The van der Waals surface area contributed by atoms with E-state index in [4.69, 9.17) is 0 Å². The van der Waals surface area contributed by atoms with Gasteiger partial charge in [-0.05, 0) is 50.7 Å². The predicted octanol–water partition coefficient (Wildman–Crippen LogP) is 2.07. The standard InChI is InChI=1S/C17H22N2O3/c1-12-6-3-4-7-13(12)16(2)14(20)19(15(21)18-16)11-10-17(22)8-5-9-17/h3-4,6-7,22H,5,8-11H2,1-2H3,(H,18,21)/t16-/m1/s1. The number of imide groups is 1. The first kappa shape index (κ1) is 15.0. The first-order valence-electron chi connectivity index (χ1n) is 7.78. The molecule has 1 saturated heterocycles. The van der Waals surface area contributed by atoms with E-state index in [1.54, 1.807) is 6.92 Å². The van der Waals surface area contributed by atoms with Crippen molar-refractivity contribution in [3.63, 3.8) is 0 Å². The number of benzene rings is 1. The zero-order valence-electron chi connectivity index (χ0n) is 13.1. The normalized spacial score (nSPS) is 26.8. The lowest BCUT2D eigenvalue weighted by Gasteiger charge is -2.37. The van der Waals surface area contributed by atoms with E-state index >= 15 is 0 Å². The first-order chi connectivity index (χ1) is 10.4. The van der Waals surface area contributed by atoms with Crippen LogP contribution in [0.4, 0.5) is 4.79 Å². The van der Waals surface area contributed by atoms with Gasteiger partial charge < -0.3 is 10.4 Å². The molecule has 3 amide bonds. The summed E-state index contributed by atoms with van der Waals surface area (Å²) in [6, 6.07) is 7.20. The molecular weight excluding hydrogens is 280 g/mol. The lowest BCUT2D eigenvalue weighted by Crippen LogP contribution is -2.43. The van der Waals surface area contributed by atoms with E-state index in [0.29, 0.717) is 6.42 Å². The number of amides is 3. The monoisotopic (exact) mass is 302 g/mol. The number of urea groups is 1. The van der Waals surface area contributed by atoms with Crippen molar-refractivity contribution in [2.45, 2.75) is 50.7 Å². The summed E-state index contributed by atoms with van der Waals surface area (Å²) >= 11 is 0. The summed E-state index contributed by atoms with van der Waals surface area (Å²) in [5.74, 6) is -0.241. The molecule has 0 bridgehead atoms. The molecule has 2 N–H and O–H groups in total. The van der Waals surface area contributed by atoms with Crippen molar-refractivity contribution in [3.8, 4) is 0 Å². The Hall–Kier alpha value is -1.88. The van der Waals surface area contributed by atoms with Crippen molar-refractivity contribution in [2.75, 3.05) is 6.54 Å². The molecule has 22 heavy (non-hydrogen) atoms. The molecule has 1 aliphatic carbocycles. The molecular formula is C17H22N2O3. The Morgan fingerprint density at radius 2 is 1.95 bits per heavy atom. The van der Waals surface area contributed by atoms with Gasteiger partial charge in [0, 0.05) is 6.54 Å². The van der Waals surface area contributed by atoms with Crippen molar-refractivity contribution in [3.05, 3.63) is 35.4 Å². The van der Waals surface area contributed by atoms with Crippen molar-refractivity contribution < 1.29 is 14.7 Å². The Balaban J connectivity index is 1.80. The summed E-state index contributed by atoms with van der Waals surface area (Å²) in [7, 11) is 0. The minimum atomic E-state index is -1.02. The fourth-order valence-electron chi connectivity index (χ4n) is 3.37. The number of aliphatic hydroxyl groups is 1. The lowest BCUT2D eigenvalue weighted by atomic mass is 9.78. The number of carbonyl (C=O) groups excluding carboxylic acids is 2. The number of carbonyl (C=O) groups is 2. The van der Waals surface area contributed by atoms with E-state index < -0.39 is 11.1 Å². The maximum atomic E-state index is 12.8. The second kappa shape index (κ2) is 5.09. The summed E-state index contributed by atoms with van der Waals surface area (Å²) in [4.78, 5) is 26.2. The number of hydrogen-bond acceptors (Lipinski definition) is 3. The van der Waals surface area contributed by atoms with E-state index in [0.717, 1.165) is 30.4 Å². The summed E-state index contributed by atoms with van der Waals surface area (Å²) in [5, 5.41) is 13.0. The molecule has 3 rings (SSSR count). The third-order valence-corrected chi connectivity index (χ3v) is 5.04. The third-order valence-electron chi connectivity index (χ3n) is 5.04. The molecule has 0 aromatic heterocycles. The quantitative estimate of drug-likeness (QED) is 0.837. The van der Waals surface area contributed by atoms with Crippen LogP contribution in [0.5, 0.6) is 0 Å². The van der Waals surface area contributed by atoms with Crippen LogP contribution in [0.3, 0.4) is 0 Å². The van der Waals surface area contributed by atoms with E-state index in [1.807, 2.05) is 31.2 Å². The maximum absolute atomic E-state index is 12.8. The average Bonchev–Trinajstić information content (AvgIpc) is 2.66. The van der Waals surface area contributed by atoms with Gasteiger partial charge in [0.2, 0.25) is 0 Å². The molecule has 0 radical (unpaired) electrons. The van der Waals surface area contributed by atoms with Crippen LogP contribution in [0, 0.1) is 6.92 Å². The van der Waals surface area contributed by atoms with Gasteiger partial charge in [-0.15, -0.1) is 0 Å². The summed E-state index contributed by atoms with van der Waals surface area (Å²) in [6.07, 6.45) is 2.98. The highest BCUT2D eigenvalue weighted by Gasteiger charge is 2.50. The second-order valence-electron chi connectivity index (χ2n) is 6.65. The zero-order valence-corrected chi connectivity index (χ0v) is 13.1. The van der Waals surface area contributed by atoms with Gasteiger partial charge in [-0.1, -0.05) is 24.3 Å². The molecule has 5 heteroatoms. The van der Waals surface area contributed by atoms with Crippen LogP contribution in [0.15, 0.2) is 24.3 Å². The number of aryl methyl sites for hydroxylation is 1. The first-order valence-corrected chi connectivity index (χ1v) is 7.78. The van der Waals surface area contributed by atoms with Crippen LogP contribution >= 0.6 is 0 Å². The van der Waals surface area contributed by atoms with Crippen molar-refractivity contribution in [1.29, 1.82) is 0 Å². The highest BCUT2D eigenvalue weighted by Crippen LogP contribution is 2.36. The van der Waals surface area contributed by atoms with Gasteiger partial charge >= 0.3 is 6.03 Å². The average molecular weight is 302 g/mol. The van der Waals surface area contributed by atoms with Gasteiger partial charge in [-0.3, -0.25) is 9.69 Å². The van der Waals surface area contributed by atoms with Crippen LogP contribution in [0.1, 0.15) is 43.7 Å². The Labute approximate surface area is 130 Å². The molecule has 5 nitrogen and oxygen atoms in total. The van der Waals surface area contributed by atoms with Crippen molar-refractivity contribution >= 4 is 11.9 Å². The Bertz CT molecular complexity index is 624. The minimum Gasteiger partial charge on any atom is -0.390 e. The molecule has 1 heterocycles. The molecule has 118 valence electrons. The molecule has 1 aromatic rings. The SMILES string of the molecule is Cc1ccccc1[C@@]1(C)NC(=O)N(CCC2(O)CCC2)C1=O. The molecule has 0 unspecified atom stereocenters. The molecule has 2 fully saturated rings. The predicted molar refractivity (Wildman–Crippen MR) is 82.2 cm³/mol. The van der Waals surface area contributed by atoms with Gasteiger partial charge in [0.05, 0.1) is 5.60 Å². The highest BCUT2D eigenvalue weighted by atomic mass is 16.3. The van der Waals surface area contributed by atoms with Crippen LogP contribution in [0.25, 0.3) is 0 Å². The zero-order chi connectivity index (χ0) is 16.0. The summed E-state index contributed by atoms with van der Waals surface area (Å²) in [6.45, 7) is 3.94. The fourth-order valence-corrected chi connectivity index (χ4v) is 3.37. The van der Waals surface area contributed by atoms with Crippen LogP contribution in [-0.2, 0) is 10.3 Å². The third kappa shape index (κ3) is 2.29. The van der Waals surface area contributed by atoms with E-state index in [1.165, 1.54) is 4.90 Å². The number of nitrogens with zero attached hydrogens (tertiary/aromatic N) is 1. The smallest absolute Gasteiger partial charge is 0.325 e. The molecule has 0 spiro atoms. The van der Waals surface area contributed by atoms with Gasteiger partial charge in [0.15, 0.2) is 0 Å². The minimum absolute atomic E-state index is 0.241. The molecule has 2 aliphatic rings. The van der Waals surface area contributed by atoms with Gasteiger partial charge in [-0.2, -0.15) is 0 Å². The van der Waals surface area contributed by atoms with E-state index in [9.17, 15) is 14.7 Å². The van der Waals surface area contributed by atoms with Gasteiger partial charge in [-0.25, -0.2) is 4.79 Å². The topological polar surface area (TPSA) is 69.6 Å². The van der Waals surface area contributed by atoms with Crippen molar-refractivity contribution in [2.24, 2.45) is 0 Å². The van der Waals surface area contributed by atoms with Crippen LogP contribution in [0.2, 0.25) is 0 Å². The molecule has 1 atom stereocenters. The van der Waals surface area contributed by atoms with Crippen LogP contribution in [-0.4, -0.2) is 34.1 Å². The second-order valence-corrected chi connectivity index (χ2v) is 6.65.